The molecular formula is C19H24N2. The van der Waals surface area contributed by atoms with Gasteiger partial charge >= 0.3 is 0 Å². The molecule has 0 spiro atoms. The maximum absolute atomic E-state index is 4.24. The summed E-state index contributed by atoms with van der Waals surface area (Å²) in [6, 6.07) is 15.9. The van der Waals surface area contributed by atoms with Crippen LogP contribution in [0.2, 0.25) is 0 Å². The fourth-order valence-corrected chi connectivity index (χ4v) is 2.75. The highest BCUT2D eigenvalue weighted by Crippen LogP contribution is 2.27. The lowest BCUT2D eigenvalue weighted by Crippen LogP contribution is -2.29. The van der Waals surface area contributed by atoms with E-state index in [1.165, 1.54) is 34.9 Å². The Morgan fingerprint density at radius 3 is 2.71 bits per heavy atom. The Bertz CT molecular complexity index is 623. The Balaban J connectivity index is 1.75. The van der Waals surface area contributed by atoms with Crippen molar-refractivity contribution in [3.8, 4) is 0 Å². The van der Waals surface area contributed by atoms with Crippen LogP contribution < -0.4 is 10.2 Å². The fourth-order valence-electron chi connectivity index (χ4n) is 2.75. The molecule has 2 nitrogen and oxygen atoms in total. The third kappa shape index (κ3) is 3.45. The second-order valence-corrected chi connectivity index (χ2v) is 5.92. The van der Waals surface area contributed by atoms with Crippen LogP contribution in [0, 0.1) is 0 Å². The minimum Gasteiger partial charge on any atom is -0.367 e. The summed E-state index contributed by atoms with van der Waals surface area (Å²) in [5.41, 5.74) is 2.57. The van der Waals surface area contributed by atoms with Gasteiger partial charge in [0.05, 0.1) is 0 Å². The van der Waals surface area contributed by atoms with Gasteiger partial charge in [-0.05, 0) is 36.8 Å². The molecule has 1 fully saturated rings. The van der Waals surface area contributed by atoms with E-state index in [1.54, 1.807) is 0 Å². The molecule has 0 aliphatic heterocycles. The molecule has 1 aliphatic carbocycles. The van der Waals surface area contributed by atoms with Gasteiger partial charge in [-0.3, -0.25) is 0 Å². The number of likely N-dealkylation sites (N-methyl/N-ethyl adjacent to an activating group) is 1. The zero-order valence-corrected chi connectivity index (χ0v) is 12.8. The third-order valence-corrected chi connectivity index (χ3v) is 4.12. The van der Waals surface area contributed by atoms with Crippen LogP contribution in [0.15, 0.2) is 54.6 Å². The van der Waals surface area contributed by atoms with Gasteiger partial charge in [0, 0.05) is 36.7 Å². The average Bonchev–Trinajstić information content (AvgIpc) is 3.34. The molecular weight excluding hydrogens is 256 g/mol. The Kier molecular flexibility index (Phi) is 4.26. The highest BCUT2D eigenvalue weighted by atomic mass is 15.1. The SMILES string of the molecule is C=C(CNC1CC1)CN(CC)c1cccc2ccccc12. The molecule has 1 saturated carbocycles. The first-order valence-electron chi connectivity index (χ1n) is 7.90. The van der Waals surface area contributed by atoms with Crippen molar-refractivity contribution in [2.24, 2.45) is 0 Å². The van der Waals surface area contributed by atoms with Crippen molar-refractivity contribution < 1.29 is 0 Å². The molecule has 0 atom stereocenters. The lowest BCUT2D eigenvalue weighted by Gasteiger charge is -2.26. The summed E-state index contributed by atoms with van der Waals surface area (Å²) in [6.45, 7) is 9.31. The first-order chi connectivity index (χ1) is 10.3. The summed E-state index contributed by atoms with van der Waals surface area (Å²) >= 11 is 0. The number of nitrogens with one attached hydrogen (secondary N) is 1. The molecule has 1 aliphatic rings. The number of nitrogens with zero attached hydrogens (tertiary/aromatic N) is 1. The number of benzene rings is 2. The second kappa shape index (κ2) is 6.31. The van der Waals surface area contributed by atoms with Gasteiger partial charge < -0.3 is 10.2 Å². The maximum atomic E-state index is 4.24. The molecule has 0 heterocycles. The van der Waals surface area contributed by atoms with Crippen LogP contribution in [-0.4, -0.2) is 25.7 Å². The van der Waals surface area contributed by atoms with Gasteiger partial charge in [0.25, 0.3) is 0 Å². The van der Waals surface area contributed by atoms with E-state index in [2.05, 4.69) is 66.2 Å². The Hall–Kier alpha value is -1.80. The Labute approximate surface area is 127 Å². The lowest BCUT2D eigenvalue weighted by atomic mass is 10.1. The summed E-state index contributed by atoms with van der Waals surface area (Å²) in [7, 11) is 0. The summed E-state index contributed by atoms with van der Waals surface area (Å²) in [5, 5.41) is 6.17. The van der Waals surface area contributed by atoms with Gasteiger partial charge in [-0.25, -0.2) is 0 Å². The van der Waals surface area contributed by atoms with E-state index in [0.717, 1.165) is 25.7 Å². The van der Waals surface area contributed by atoms with Crippen molar-refractivity contribution in [2.45, 2.75) is 25.8 Å². The zero-order valence-electron chi connectivity index (χ0n) is 12.8. The van der Waals surface area contributed by atoms with Crippen molar-refractivity contribution in [2.75, 3.05) is 24.5 Å². The number of rotatable bonds is 7. The van der Waals surface area contributed by atoms with Crippen molar-refractivity contribution >= 4 is 16.5 Å². The fraction of sp³-hybridized carbons (Fsp3) is 0.368. The summed E-state index contributed by atoms with van der Waals surface area (Å²) < 4.78 is 0. The topological polar surface area (TPSA) is 15.3 Å². The van der Waals surface area contributed by atoms with Crippen LogP contribution in [0.1, 0.15) is 19.8 Å². The highest BCUT2D eigenvalue weighted by Gasteiger charge is 2.20. The van der Waals surface area contributed by atoms with Crippen molar-refractivity contribution in [1.29, 1.82) is 0 Å². The predicted octanol–water partition coefficient (Wildman–Crippen LogP) is 3.97. The van der Waals surface area contributed by atoms with Gasteiger partial charge in [-0.15, -0.1) is 0 Å². The first-order valence-corrected chi connectivity index (χ1v) is 7.90. The number of fused-ring (bicyclic) bond motifs is 1. The molecule has 0 bridgehead atoms. The molecule has 0 amide bonds. The monoisotopic (exact) mass is 280 g/mol. The smallest absolute Gasteiger partial charge is 0.0448 e. The lowest BCUT2D eigenvalue weighted by molar-refractivity contribution is 0.716. The van der Waals surface area contributed by atoms with Gasteiger partial charge in [-0.1, -0.05) is 43.0 Å². The molecule has 1 N–H and O–H groups in total. The molecule has 2 aromatic rings. The summed E-state index contributed by atoms with van der Waals surface area (Å²) in [4.78, 5) is 2.42. The first kappa shape index (κ1) is 14.2. The van der Waals surface area contributed by atoms with Crippen LogP contribution in [0.4, 0.5) is 5.69 Å². The van der Waals surface area contributed by atoms with Crippen LogP contribution in [0.25, 0.3) is 10.8 Å². The molecule has 2 heteroatoms. The van der Waals surface area contributed by atoms with Crippen molar-refractivity contribution in [3.05, 3.63) is 54.6 Å². The quantitative estimate of drug-likeness (QED) is 0.772. The molecule has 0 radical (unpaired) electrons. The largest absolute Gasteiger partial charge is 0.367 e. The van der Waals surface area contributed by atoms with Crippen LogP contribution in [0.3, 0.4) is 0 Å². The molecule has 3 rings (SSSR count). The average molecular weight is 280 g/mol. The molecule has 2 aromatic carbocycles. The van der Waals surface area contributed by atoms with Gasteiger partial charge in [0.1, 0.15) is 0 Å². The zero-order chi connectivity index (χ0) is 14.7. The Morgan fingerprint density at radius 2 is 1.95 bits per heavy atom. The molecule has 110 valence electrons. The van der Waals surface area contributed by atoms with E-state index in [4.69, 9.17) is 0 Å². The molecule has 21 heavy (non-hydrogen) atoms. The summed E-state index contributed by atoms with van der Waals surface area (Å²) in [6.07, 6.45) is 2.65. The summed E-state index contributed by atoms with van der Waals surface area (Å²) in [5.74, 6) is 0. The number of hydrogen-bond acceptors (Lipinski definition) is 2. The standard InChI is InChI=1S/C19H24N2/c1-3-21(14-15(2)13-20-17-11-12-17)19-10-6-8-16-7-4-5-9-18(16)19/h4-10,17,20H,2-3,11-14H2,1H3. The maximum Gasteiger partial charge on any atom is 0.0448 e. The van der Waals surface area contributed by atoms with Crippen molar-refractivity contribution in [3.63, 3.8) is 0 Å². The van der Waals surface area contributed by atoms with Crippen LogP contribution in [0.5, 0.6) is 0 Å². The van der Waals surface area contributed by atoms with Gasteiger partial charge in [0.15, 0.2) is 0 Å². The van der Waals surface area contributed by atoms with E-state index in [1.807, 2.05) is 0 Å². The minimum atomic E-state index is 0.745. The number of hydrogen-bond donors (Lipinski definition) is 1. The molecule has 0 unspecified atom stereocenters. The predicted molar refractivity (Wildman–Crippen MR) is 92.0 cm³/mol. The molecule has 0 aromatic heterocycles. The Morgan fingerprint density at radius 1 is 1.19 bits per heavy atom. The van der Waals surface area contributed by atoms with E-state index in [-0.39, 0.29) is 0 Å². The van der Waals surface area contributed by atoms with Crippen LogP contribution >= 0.6 is 0 Å². The normalized spacial score (nSPS) is 14.3. The second-order valence-electron chi connectivity index (χ2n) is 5.92. The molecule has 0 saturated heterocycles. The van der Waals surface area contributed by atoms with E-state index in [0.29, 0.717) is 0 Å². The van der Waals surface area contributed by atoms with Gasteiger partial charge in [-0.2, -0.15) is 0 Å². The van der Waals surface area contributed by atoms with Crippen molar-refractivity contribution in [1.82, 2.24) is 5.32 Å². The highest BCUT2D eigenvalue weighted by molar-refractivity contribution is 5.94. The van der Waals surface area contributed by atoms with E-state index < -0.39 is 0 Å². The van der Waals surface area contributed by atoms with Gasteiger partial charge in [0.2, 0.25) is 0 Å². The third-order valence-electron chi connectivity index (χ3n) is 4.12. The minimum absolute atomic E-state index is 0.745. The van der Waals surface area contributed by atoms with Crippen LogP contribution in [-0.2, 0) is 0 Å². The number of anilines is 1. The van der Waals surface area contributed by atoms with E-state index in [9.17, 15) is 0 Å². The van der Waals surface area contributed by atoms with E-state index >= 15 is 0 Å².